The van der Waals surface area contributed by atoms with Crippen LogP contribution in [0.3, 0.4) is 0 Å². The third-order valence-electron chi connectivity index (χ3n) is 6.40. The van der Waals surface area contributed by atoms with Gasteiger partial charge in [-0.1, -0.05) is 48.5 Å². The zero-order valence-electron chi connectivity index (χ0n) is 18.9. The zero-order valence-corrected chi connectivity index (χ0v) is 18.9. The van der Waals surface area contributed by atoms with E-state index in [1.165, 1.54) is 0 Å². The maximum atomic E-state index is 12.7. The number of benzene rings is 2. The lowest BCUT2D eigenvalue weighted by molar-refractivity contribution is -0.149. The molecule has 0 bridgehead atoms. The Morgan fingerprint density at radius 2 is 1.53 bits per heavy atom. The minimum atomic E-state index is -1.32. The van der Waals surface area contributed by atoms with Crippen LogP contribution < -0.4 is 5.32 Å². The number of aliphatic carboxylic acids is 1. The van der Waals surface area contributed by atoms with Gasteiger partial charge >= 0.3 is 12.1 Å². The van der Waals surface area contributed by atoms with Gasteiger partial charge in [0, 0.05) is 5.92 Å². The molecule has 32 heavy (non-hydrogen) atoms. The van der Waals surface area contributed by atoms with Gasteiger partial charge in [0.2, 0.25) is 0 Å². The summed E-state index contributed by atoms with van der Waals surface area (Å²) in [7, 11) is 0. The van der Waals surface area contributed by atoms with E-state index in [1.807, 2.05) is 45.0 Å². The molecule has 2 aliphatic carbocycles. The summed E-state index contributed by atoms with van der Waals surface area (Å²) in [6.45, 7) is 6.12. The summed E-state index contributed by atoms with van der Waals surface area (Å²) in [6, 6.07) is 16.2. The second-order valence-electron chi connectivity index (χ2n) is 9.77. The smallest absolute Gasteiger partial charge is 0.408 e. The molecule has 0 spiro atoms. The van der Waals surface area contributed by atoms with E-state index in [0.29, 0.717) is 25.7 Å². The molecule has 2 aliphatic rings. The van der Waals surface area contributed by atoms with Gasteiger partial charge in [-0.25, -0.2) is 9.59 Å². The summed E-state index contributed by atoms with van der Waals surface area (Å²) in [4.78, 5) is 24.8. The van der Waals surface area contributed by atoms with Gasteiger partial charge in [0.25, 0.3) is 0 Å². The fourth-order valence-electron chi connectivity index (χ4n) is 4.92. The number of rotatable bonds is 5. The van der Waals surface area contributed by atoms with Gasteiger partial charge < -0.3 is 19.9 Å². The maximum Gasteiger partial charge on any atom is 0.408 e. The Hall–Kier alpha value is -2.86. The van der Waals surface area contributed by atoms with Crippen molar-refractivity contribution in [3.05, 3.63) is 59.7 Å². The van der Waals surface area contributed by atoms with E-state index in [4.69, 9.17) is 9.47 Å². The summed E-state index contributed by atoms with van der Waals surface area (Å²) in [5.74, 6) is -1.09. The quantitative estimate of drug-likeness (QED) is 0.679. The van der Waals surface area contributed by atoms with Crippen LogP contribution in [-0.2, 0) is 14.3 Å². The normalized spacial score (nSPS) is 22.7. The second-order valence-corrected chi connectivity index (χ2v) is 9.77. The highest BCUT2D eigenvalue weighted by Gasteiger charge is 2.44. The van der Waals surface area contributed by atoms with Crippen molar-refractivity contribution in [3.8, 4) is 11.1 Å². The van der Waals surface area contributed by atoms with Crippen molar-refractivity contribution < 1.29 is 24.2 Å². The largest absolute Gasteiger partial charge is 0.480 e. The average molecular weight is 438 g/mol. The van der Waals surface area contributed by atoms with Crippen LogP contribution >= 0.6 is 0 Å². The molecule has 0 atom stereocenters. The Morgan fingerprint density at radius 3 is 2.03 bits per heavy atom. The van der Waals surface area contributed by atoms with E-state index in [1.54, 1.807) is 0 Å². The summed E-state index contributed by atoms with van der Waals surface area (Å²) >= 11 is 0. The molecule has 0 aromatic heterocycles. The highest BCUT2D eigenvalue weighted by molar-refractivity contribution is 5.84. The van der Waals surface area contributed by atoms with Crippen LogP contribution in [0.1, 0.15) is 63.5 Å². The van der Waals surface area contributed by atoms with Gasteiger partial charge in [-0.15, -0.1) is 0 Å². The lowest BCUT2D eigenvalue weighted by atomic mass is 9.80. The van der Waals surface area contributed by atoms with Crippen molar-refractivity contribution in [1.29, 1.82) is 0 Å². The molecule has 1 amide bonds. The van der Waals surface area contributed by atoms with E-state index < -0.39 is 17.6 Å². The van der Waals surface area contributed by atoms with Gasteiger partial charge in [-0.3, -0.25) is 0 Å². The number of fused-ring (bicyclic) bond motifs is 3. The lowest BCUT2D eigenvalue weighted by Crippen LogP contribution is -2.57. The number of alkyl carbamates (subject to hydrolysis) is 1. The number of hydrogen-bond donors (Lipinski definition) is 2. The van der Waals surface area contributed by atoms with E-state index in [9.17, 15) is 14.7 Å². The molecule has 2 N–H and O–H groups in total. The molecule has 170 valence electrons. The number of carbonyl (C=O) groups is 2. The first-order valence-electron chi connectivity index (χ1n) is 11.2. The standard InChI is InChI=1S/C26H31NO5/c1-25(2,3)32-17-12-14-26(15-13-17,23(28)29)27-24(30)31-16-22-20-10-6-4-8-18(20)19-9-5-7-11-21(19)22/h4-11,17,22H,12-16H2,1-3H3,(H,27,30)(H,28,29). The Bertz CT molecular complexity index is 956. The first-order valence-corrected chi connectivity index (χ1v) is 11.2. The zero-order chi connectivity index (χ0) is 22.9. The highest BCUT2D eigenvalue weighted by Crippen LogP contribution is 2.44. The van der Waals surface area contributed by atoms with E-state index in [-0.39, 0.29) is 24.2 Å². The Balaban J connectivity index is 1.41. The SMILES string of the molecule is CC(C)(C)OC1CCC(NC(=O)OCC2c3ccccc3-c3ccccc32)(C(=O)O)CC1. The van der Waals surface area contributed by atoms with Crippen LogP contribution in [-0.4, -0.2) is 41.0 Å². The first-order chi connectivity index (χ1) is 15.2. The minimum absolute atomic E-state index is 0.00760. The van der Waals surface area contributed by atoms with E-state index in [0.717, 1.165) is 22.3 Å². The number of nitrogens with one attached hydrogen (secondary N) is 1. The molecule has 1 fully saturated rings. The molecule has 6 nitrogen and oxygen atoms in total. The lowest BCUT2D eigenvalue weighted by Gasteiger charge is -2.39. The predicted octanol–water partition coefficient (Wildman–Crippen LogP) is 5.11. The summed E-state index contributed by atoms with van der Waals surface area (Å²) in [5, 5.41) is 12.6. The maximum absolute atomic E-state index is 12.7. The van der Waals surface area contributed by atoms with Crippen LogP contribution in [0.5, 0.6) is 0 Å². The fourth-order valence-corrected chi connectivity index (χ4v) is 4.92. The van der Waals surface area contributed by atoms with Gasteiger partial charge in [0.05, 0.1) is 11.7 Å². The molecule has 6 heteroatoms. The Kier molecular flexibility index (Phi) is 5.99. The molecule has 1 saturated carbocycles. The van der Waals surface area contributed by atoms with Crippen molar-refractivity contribution in [2.24, 2.45) is 0 Å². The van der Waals surface area contributed by atoms with Crippen molar-refractivity contribution >= 4 is 12.1 Å². The van der Waals surface area contributed by atoms with Gasteiger partial charge in [0.1, 0.15) is 12.1 Å². The topological polar surface area (TPSA) is 84.9 Å². The molecule has 2 aromatic carbocycles. The van der Waals surface area contributed by atoms with Gasteiger partial charge in [0.15, 0.2) is 0 Å². The summed E-state index contributed by atoms with van der Waals surface area (Å²) < 4.78 is 11.6. The second kappa shape index (κ2) is 8.58. The van der Waals surface area contributed by atoms with Crippen molar-refractivity contribution in [2.45, 2.75) is 69.6 Å². The Labute approximate surface area is 188 Å². The first kappa shape index (κ1) is 22.3. The monoisotopic (exact) mass is 437 g/mol. The fraction of sp³-hybridized carbons (Fsp3) is 0.462. The minimum Gasteiger partial charge on any atom is -0.480 e. The predicted molar refractivity (Wildman–Crippen MR) is 122 cm³/mol. The van der Waals surface area contributed by atoms with Crippen LogP contribution in [0, 0.1) is 0 Å². The van der Waals surface area contributed by atoms with E-state index in [2.05, 4.69) is 29.6 Å². The van der Waals surface area contributed by atoms with Crippen LogP contribution in [0.15, 0.2) is 48.5 Å². The number of carboxylic acid groups (broad SMARTS) is 1. The number of carbonyl (C=O) groups excluding carboxylic acids is 1. The van der Waals surface area contributed by atoms with Crippen molar-refractivity contribution in [2.75, 3.05) is 6.61 Å². The molecular formula is C26H31NO5. The van der Waals surface area contributed by atoms with Crippen molar-refractivity contribution in [1.82, 2.24) is 5.32 Å². The average Bonchev–Trinajstić information content (AvgIpc) is 3.06. The molecule has 0 aliphatic heterocycles. The third kappa shape index (κ3) is 4.51. The summed E-state index contributed by atoms with van der Waals surface area (Å²) in [6.07, 6.45) is 1.08. The summed E-state index contributed by atoms with van der Waals surface area (Å²) in [5.41, 5.74) is 2.94. The molecule has 0 unspecified atom stereocenters. The molecule has 4 rings (SSSR count). The number of ether oxygens (including phenoxy) is 2. The molecular weight excluding hydrogens is 406 g/mol. The van der Waals surface area contributed by atoms with Crippen molar-refractivity contribution in [3.63, 3.8) is 0 Å². The molecule has 2 aromatic rings. The molecule has 0 radical (unpaired) electrons. The highest BCUT2D eigenvalue weighted by atomic mass is 16.5. The molecule has 0 heterocycles. The van der Waals surface area contributed by atoms with Gasteiger partial charge in [-0.2, -0.15) is 0 Å². The van der Waals surface area contributed by atoms with Crippen LogP contribution in [0.4, 0.5) is 4.79 Å². The third-order valence-corrected chi connectivity index (χ3v) is 6.40. The number of amides is 1. The van der Waals surface area contributed by atoms with Gasteiger partial charge in [-0.05, 0) is 68.7 Å². The van der Waals surface area contributed by atoms with Crippen LogP contribution in [0.25, 0.3) is 11.1 Å². The van der Waals surface area contributed by atoms with Crippen LogP contribution in [0.2, 0.25) is 0 Å². The van der Waals surface area contributed by atoms with E-state index >= 15 is 0 Å². The Morgan fingerprint density at radius 1 is 1.00 bits per heavy atom. The molecule has 0 saturated heterocycles. The number of carboxylic acids is 1. The number of hydrogen-bond acceptors (Lipinski definition) is 4.